The van der Waals surface area contributed by atoms with E-state index >= 15 is 0 Å². The lowest BCUT2D eigenvalue weighted by molar-refractivity contribution is -0.209. The van der Waals surface area contributed by atoms with Crippen LogP contribution in [0.4, 0.5) is 0 Å². The van der Waals surface area contributed by atoms with E-state index in [2.05, 4.69) is 32.9 Å². The van der Waals surface area contributed by atoms with Crippen molar-refractivity contribution in [1.29, 1.82) is 0 Å². The normalized spacial score (nSPS) is 58.3. The summed E-state index contributed by atoms with van der Waals surface area (Å²) in [6.45, 7) is 8.13. The number of rotatable bonds is 0. The van der Waals surface area contributed by atoms with Crippen molar-refractivity contribution in [2.75, 3.05) is 0 Å². The highest BCUT2D eigenvalue weighted by atomic mass is 16.3. The Labute approximate surface area is 144 Å². The number of hydrogen-bond acceptors (Lipinski definition) is 4. The number of carbonyl (C=O) groups is 1. The topological polar surface area (TPSA) is 77.8 Å². The zero-order valence-corrected chi connectivity index (χ0v) is 15.1. The Morgan fingerprint density at radius 2 is 1.79 bits per heavy atom. The molecule has 3 N–H and O–H groups in total. The molecular weight excluding hydrogens is 304 g/mol. The molecule has 2 bridgehead atoms. The minimum atomic E-state index is -1.43. The van der Waals surface area contributed by atoms with Gasteiger partial charge in [0.1, 0.15) is 5.60 Å². The molecular formula is C20H30O4. The molecule has 0 unspecified atom stereocenters. The van der Waals surface area contributed by atoms with Crippen molar-refractivity contribution in [3.8, 4) is 0 Å². The largest absolute Gasteiger partial charge is 0.393 e. The molecule has 0 heterocycles. The number of ketones is 1. The Balaban J connectivity index is 1.90. The van der Waals surface area contributed by atoms with Gasteiger partial charge in [0.15, 0.2) is 5.78 Å². The lowest BCUT2D eigenvalue weighted by Crippen LogP contribution is -2.66. The molecule has 1 spiro atoms. The molecule has 0 aromatic rings. The molecule has 4 nitrogen and oxygen atoms in total. The zero-order chi connectivity index (χ0) is 17.7. The summed E-state index contributed by atoms with van der Waals surface area (Å²) in [5.41, 5.74) is -2.73. The van der Waals surface area contributed by atoms with Crippen molar-refractivity contribution in [2.45, 2.75) is 71.2 Å². The lowest BCUT2D eigenvalue weighted by Gasteiger charge is -2.64. The summed E-state index contributed by atoms with van der Waals surface area (Å²) < 4.78 is 0. The van der Waals surface area contributed by atoms with Crippen molar-refractivity contribution in [3.05, 3.63) is 12.2 Å². The molecule has 3 fully saturated rings. The monoisotopic (exact) mass is 334 g/mol. The Hall–Kier alpha value is -0.710. The first kappa shape index (κ1) is 16.7. The fourth-order valence-corrected chi connectivity index (χ4v) is 7.31. The van der Waals surface area contributed by atoms with Crippen LogP contribution in [0, 0.1) is 34.0 Å². The second-order valence-corrected chi connectivity index (χ2v) is 9.94. The van der Waals surface area contributed by atoms with Gasteiger partial charge in [-0.05, 0) is 55.3 Å². The predicted molar refractivity (Wildman–Crippen MR) is 90.0 cm³/mol. The Morgan fingerprint density at radius 1 is 1.12 bits per heavy atom. The molecule has 0 aliphatic heterocycles. The van der Waals surface area contributed by atoms with Gasteiger partial charge in [0.25, 0.3) is 0 Å². The average molecular weight is 334 g/mol. The average Bonchev–Trinajstić information content (AvgIpc) is 2.61. The van der Waals surface area contributed by atoms with Gasteiger partial charge >= 0.3 is 0 Å². The van der Waals surface area contributed by atoms with Gasteiger partial charge in [0, 0.05) is 5.92 Å². The summed E-state index contributed by atoms with van der Waals surface area (Å²) in [5, 5.41) is 32.9. The fourth-order valence-electron chi connectivity index (χ4n) is 7.31. The van der Waals surface area contributed by atoms with Crippen LogP contribution in [0.3, 0.4) is 0 Å². The fraction of sp³-hybridized carbons (Fsp3) is 0.850. The number of fused-ring (bicyclic) bond motifs is 3. The Morgan fingerprint density at radius 3 is 2.46 bits per heavy atom. The smallest absolute Gasteiger partial charge is 0.173 e. The number of carbonyl (C=O) groups excluding carboxylic acids is 1. The lowest BCUT2D eigenvalue weighted by atomic mass is 9.41. The highest BCUT2D eigenvalue weighted by Gasteiger charge is 2.75. The van der Waals surface area contributed by atoms with Crippen LogP contribution in [0.1, 0.15) is 53.4 Å². The van der Waals surface area contributed by atoms with E-state index in [9.17, 15) is 20.1 Å². The number of aliphatic hydroxyl groups excluding tert-OH is 2. The molecule has 0 aromatic heterocycles. The van der Waals surface area contributed by atoms with Crippen LogP contribution in [0.5, 0.6) is 0 Å². The highest BCUT2D eigenvalue weighted by molar-refractivity contribution is 5.96. The first-order chi connectivity index (χ1) is 11.0. The van der Waals surface area contributed by atoms with E-state index in [0.717, 1.165) is 6.42 Å². The molecule has 134 valence electrons. The number of aliphatic hydroxyl groups is 3. The van der Waals surface area contributed by atoms with E-state index in [-0.39, 0.29) is 34.4 Å². The minimum absolute atomic E-state index is 0.0731. The van der Waals surface area contributed by atoms with Crippen molar-refractivity contribution in [1.82, 2.24) is 0 Å². The van der Waals surface area contributed by atoms with Gasteiger partial charge in [-0.25, -0.2) is 0 Å². The standard InChI is InChI=1S/C20H30O4/c1-17(2)6-5-7-18(3)13(17)9-14(22)20-10-11(8-12(21)15(18)20)19(4,24)16(20)23/h5-6,11-15,21-22,24H,7-10H2,1-4H3/t11-,12+,13-,14-,15+,18-,19+,20+/m1/s1. The third-order valence-corrected chi connectivity index (χ3v) is 8.29. The number of allylic oxidation sites excluding steroid dienone is 2. The van der Waals surface area contributed by atoms with Gasteiger partial charge in [-0.1, -0.05) is 32.9 Å². The summed E-state index contributed by atoms with van der Waals surface area (Å²) >= 11 is 0. The maximum Gasteiger partial charge on any atom is 0.173 e. The quantitative estimate of drug-likeness (QED) is 0.593. The van der Waals surface area contributed by atoms with Gasteiger partial charge < -0.3 is 15.3 Å². The van der Waals surface area contributed by atoms with Crippen LogP contribution >= 0.6 is 0 Å². The van der Waals surface area contributed by atoms with Crippen LogP contribution in [0.15, 0.2) is 12.2 Å². The molecule has 0 aromatic carbocycles. The third-order valence-electron chi connectivity index (χ3n) is 8.29. The second-order valence-electron chi connectivity index (χ2n) is 9.94. The molecule has 0 amide bonds. The van der Waals surface area contributed by atoms with E-state index < -0.39 is 23.2 Å². The molecule has 4 rings (SSSR count). The minimum Gasteiger partial charge on any atom is -0.393 e. The zero-order valence-electron chi connectivity index (χ0n) is 15.1. The summed E-state index contributed by atoms with van der Waals surface area (Å²) in [4.78, 5) is 13.3. The molecule has 4 aliphatic carbocycles. The van der Waals surface area contributed by atoms with Crippen LogP contribution < -0.4 is 0 Å². The summed E-state index contributed by atoms with van der Waals surface area (Å²) in [7, 11) is 0. The molecule has 0 radical (unpaired) electrons. The van der Waals surface area contributed by atoms with E-state index in [4.69, 9.17) is 0 Å². The van der Waals surface area contributed by atoms with E-state index in [1.54, 1.807) is 6.92 Å². The molecule has 4 heteroatoms. The maximum absolute atomic E-state index is 13.3. The first-order valence-electron chi connectivity index (χ1n) is 9.29. The summed E-state index contributed by atoms with van der Waals surface area (Å²) in [6.07, 6.45) is 5.30. The number of Topliss-reactive ketones (excluding diaryl/α,β-unsaturated/α-hetero) is 1. The van der Waals surface area contributed by atoms with Gasteiger partial charge in [0.2, 0.25) is 0 Å². The van der Waals surface area contributed by atoms with Crippen LogP contribution in [0.25, 0.3) is 0 Å². The van der Waals surface area contributed by atoms with Crippen molar-refractivity contribution in [2.24, 2.45) is 34.0 Å². The van der Waals surface area contributed by atoms with Crippen LogP contribution in [0.2, 0.25) is 0 Å². The third kappa shape index (κ3) is 1.68. The van der Waals surface area contributed by atoms with Crippen LogP contribution in [-0.2, 0) is 4.79 Å². The predicted octanol–water partition coefficient (Wildman–Crippen LogP) is 2.07. The van der Waals surface area contributed by atoms with Crippen LogP contribution in [-0.4, -0.2) is 38.9 Å². The van der Waals surface area contributed by atoms with E-state index in [1.807, 2.05) is 0 Å². The van der Waals surface area contributed by atoms with E-state index in [0.29, 0.717) is 19.3 Å². The van der Waals surface area contributed by atoms with Crippen molar-refractivity contribution >= 4 is 5.78 Å². The first-order valence-corrected chi connectivity index (χ1v) is 9.29. The molecule has 8 atom stereocenters. The number of hydrogen-bond donors (Lipinski definition) is 3. The SMILES string of the molecule is CC1(C)C=CC[C@]2(C)[C@@H]1C[C@@H](O)[C@@]13C[C@@H](C[C@H](O)[C@@H]21)[C@](C)(O)C3=O. The maximum atomic E-state index is 13.3. The Kier molecular flexibility index (Phi) is 3.15. The van der Waals surface area contributed by atoms with Crippen molar-refractivity contribution in [3.63, 3.8) is 0 Å². The molecule has 24 heavy (non-hydrogen) atoms. The molecule has 0 saturated heterocycles. The second kappa shape index (κ2) is 4.52. The van der Waals surface area contributed by atoms with Gasteiger partial charge in [-0.2, -0.15) is 0 Å². The Bertz CT molecular complexity index is 621. The van der Waals surface area contributed by atoms with Crippen molar-refractivity contribution < 1.29 is 20.1 Å². The summed E-state index contributed by atoms with van der Waals surface area (Å²) in [5.74, 6) is -0.565. The highest BCUT2D eigenvalue weighted by Crippen LogP contribution is 2.70. The molecule has 4 aliphatic rings. The van der Waals surface area contributed by atoms with Gasteiger partial charge in [0.05, 0.1) is 17.6 Å². The summed E-state index contributed by atoms with van der Waals surface area (Å²) in [6, 6.07) is 0. The molecule has 3 saturated carbocycles. The van der Waals surface area contributed by atoms with E-state index in [1.165, 1.54) is 0 Å². The van der Waals surface area contributed by atoms with Gasteiger partial charge in [-0.3, -0.25) is 4.79 Å². The van der Waals surface area contributed by atoms with Gasteiger partial charge in [-0.15, -0.1) is 0 Å².